The van der Waals surface area contributed by atoms with E-state index in [0.29, 0.717) is 69.7 Å². The van der Waals surface area contributed by atoms with Crippen LogP contribution in [0.2, 0.25) is 5.02 Å². The summed E-state index contributed by atoms with van der Waals surface area (Å²) < 4.78 is 20.0. The molecule has 4 rings (SSSR count). The Balaban J connectivity index is 0.00000289. The Morgan fingerprint density at radius 3 is 2.34 bits per heavy atom. The third kappa shape index (κ3) is 5.40. The Kier molecular flexibility index (Phi) is 8.10. The number of hydrogen-bond acceptors (Lipinski definition) is 5. The Morgan fingerprint density at radius 1 is 1.03 bits per heavy atom. The van der Waals surface area contributed by atoms with E-state index >= 15 is 0 Å². The molecule has 32 heavy (non-hydrogen) atoms. The maximum atomic E-state index is 13.2. The van der Waals surface area contributed by atoms with E-state index in [1.54, 1.807) is 29.0 Å². The van der Waals surface area contributed by atoms with E-state index in [4.69, 9.17) is 16.3 Å². The van der Waals surface area contributed by atoms with Gasteiger partial charge in [-0.3, -0.25) is 19.2 Å². The molecule has 0 bridgehead atoms. The fraction of sp³-hybridized carbons (Fsp3) is 0.476. The number of morpholine rings is 1. The number of aryl methyl sites for hydroxylation is 1. The molecular formula is C21H26Cl2FN5O3. The van der Waals surface area contributed by atoms with Crippen LogP contribution >= 0.6 is 24.0 Å². The van der Waals surface area contributed by atoms with Crippen LogP contribution in [-0.2, 0) is 18.3 Å². The van der Waals surface area contributed by atoms with Gasteiger partial charge in [0.05, 0.1) is 13.2 Å². The van der Waals surface area contributed by atoms with Crippen molar-refractivity contribution < 1.29 is 18.7 Å². The summed E-state index contributed by atoms with van der Waals surface area (Å²) in [6, 6.07) is 5.98. The van der Waals surface area contributed by atoms with Gasteiger partial charge in [-0.1, -0.05) is 17.7 Å². The summed E-state index contributed by atoms with van der Waals surface area (Å²) in [5, 5.41) is 4.68. The monoisotopic (exact) mass is 485 g/mol. The molecule has 8 nitrogen and oxygen atoms in total. The van der Waals surface area contributed by atoms with Gasteiger partial charge in [0.15, 0.2) is 5.69 Å². The molecule has 2 aliphatic rings. The fourth-order valence-electron chi connectivity index (χ4n) is 3.86. The number of piperazine rings is 1. The molecule has 3 heterocycles. The van der Waals surface area contributed by atoms with Gasteiger partial charge in [-0.05, 0) is 17.7 Å². The largest absolute Gasteiger partial charge is 0.378 e. The second kappa shape index (κ2) is 10.6. The van der Waals surface area contributed by atoms with E-state index in [1.807, 2.05) is 0 Å². The Morgan fingerprint density at radius 2 is 1.69 bits per heavy atom. The molecule has 0 atom stereocenters. The third-order valence-electron chi connectivity index (χ3n) is 5.68. The van der Waals surface area contributed by atoms with Crippen LogP contribution in [0.1, 0.15) is 26.5 Å². The van der Waals surface area contributed by atoms with Crippen molar-refractivity contribution >= 4 is 35.8 Å². The molecule has 11 heteroatoms. The molecule has 0 aliphatic carbocycles. The summed E-state index contributed by atoms with van der Waals surface area (Å²) in [5.74, 6) is -0.679. The van der Waals surface area contributed by atoms with Crippen molar-refractivity contribution in [1.29, 1.82) is 0 Å². The van der Waals surface area contributed by atoms with Gasteiger partial charge in [-0.25, -0.2) is 4.39 Å². The summed E-state index contributed by atoms with van der Waals surface area (Å²) >= 11 is 6.13. The number of carbonyl (C=O) groups is 2. The van der Waals surface area contributed by atoms with Gasteiger partial charge in [0.25, 0.3) is 11.8 Å². The highest BCUT2D eigenvalue weighted by atomic mass is 35.5. The minimum atomic E-state index is -0.355. The highest BCUT2D eigenvalue weighted by Crippen LogP contribution is 2.20. The summed E-state index contributed by atoms with van der Waals surface area (Å²) in [4.78, 5) is 31.3. The minimum Gasteiger partial charge on any atom is -0.378 e. The summed E-state index contributed by atoms with van der Waals surface area (Å²) in [6.07, 6.45) is 0. The topological polar surface area (TPSA) is 70.9 Å². The van der Waals surface area contributed by atoms with Crippen molar-refractivity contribution in [2.45, 2.75) is 6.54 Å². The van der Waals surface area contributed by atoms with E-state index in [9.17, 15) is 14.0 Å². The summed E-state index contributed by atoms with van der Waals surface area (Å²) in [6.45, 7) is 5.14. The van der Waals surface area contributed by atoms with E-state index in [1.165, 1.54) is 16.8 Å². The Hall–Kier alpha value is -2.20. The van der Waals surface area contributed by atoms with Crippen molar-refractivity contribution in [3.63, 3.8) is 0 Å². The average molecular weight is 486 g/mol. The Labute approximate surface area is 197 Å². The Bertz CT molecular complexity index is 972. The number of amides is 2. The smallest absolute Gasteiger partial charge is 0.274 e. The molecule has 1 aromatic heterocycles. The SMILES string of the molecule is Cl.Cn1nc(C(=O)N2CCOCC2)cc1C(=O)N1CCN(Cc2ccc(F)cc2Cl)CC1. The maximum Gasteiger partial charge on any atom is 0.274 e. The molecule has 0 spiro atoms. The molecule has 1 aromatic carbocycles. The van der Waals surface area contributed by atoms with E-state index in [2.05, 4.69) is 10.00 Å². The molecule has 0 N–H and O–H groups in total. The molecule has 2 fully saturated rings. The molecule has 2 aromatic rings. The first kappa shape index (κ1) is 24.4. The molecule has 0 saturated carbocycles. The molecular weight excluding hydrogens is 460 g/mol. The van der Waals surface area contributed by atoms with Gasteiger partial charge in [-0.2, -0.15) is 5.10 Å². The zero-order valence-corrected chi connectivity index (χ0v) is 19.4. The van der Waals surface area contributed by atoms with Crippen LogP contribution in [0.5, 0.6) is 0 Å². The van der Waals surface area contributed by atoms with Gasteiger partial charge >= 0.3 is 0 Å². The number of aromatic nitrogens is 2. The lowest BCUT2D eigenvalue weighted by atomic mass is 10.2. The van der Waals surface area contributed by atoms with Crippen LogP contribution in [0.4, 0.5) is 4.39 Å². The number of benzene rings is 1. The predicted molar refractivity (Wildman–Crippen MR) is 120 cm³/mol. The van der Waals surface area contributed by atoms with Crippen LogP contribution in [0, 0.1) is 5.82 Å². The molecule has 2 amide bonds. The van der Waals surface area contributed by atoms with Gasteiger partial charge in [0.1, 0.15) is 11.5 Å². The van der Waals surface area contributed by atoms with Gasteiger partial charge < -0.3 is 14.5 Å². The van der Waals surface area contributed by atoms with Crippen molar-refractivity contribution in [3.05, 3.63) is 52.1 Å². The first-order chi connectivity index (χ1) is 14.9. The zero-order chi connectivity index (χ0) is 22.0. The van der Waals surface area contributed by atoms with Crippen LogP contribution in [0.25, 0.3) is 0 Å². The summed E-state index contributed by atoms with van der Waals surface area (Å²) in [5.41, 5.74) is 1.53. The molecule has 2 aliphatic heterocycles. The number of hydrogen-bond donors (Lipinski definition) is 0. The average Bonchev–Trinajstić information content (AvgIpc) is 3.17. The van der Waals surface area contributed by atoms with E-state index < -0.39 is 0 Å². The first-order valence-corrected chi connectivity index (χ1v) is 10.7. The summed E-state index contributed by atoms with van der Waals surface area (Å²) in [7, 11) is 1.68. The molecule has 2 saturated heterocycles. The van der Waals surface area contributed by atoms with Crippen LogP contribution < -0.4 is 0 Å². The molecule has 0 radical (unpaired) electrons. The van der Waals surface area contributed by atoms with Gasteiger partial charge in [-0.15, -0.1) is 12.4 Å². The maximum absolute atomic E-state index is 13.2. The normalized spacial score (nSPS) is 17.2. The van der Waals surface area contributed by atoms with Crippen LogP contribution in [0.15, 0.2) is 24.3 Å². The third-order valence-corrected chi connectivity index (χ3v) is 6.04. The number of rotatable bonds is 4. The highest BCUT2D eigenvalue weighted by Gasteiger charge is 2.28. The number of carbonyl (C=O) groups excluding carboxylic acids is 2. The predicted octanol–water partition coefficient (Wildman–Crippen LogP) is 2.06. The number of nitrogens with zero attached hydrogens (tertiary/aromatic N) is 5. The second-order valence-corrected chi connectivity index (χ2v) is 8.15. The van der Waals surface area contributed by atoms with Gasteiger partial charge in [0, 0.05) is 63.9 Å². The lowest BCUT2D eigenvalue weighted by molar-refractivity contribution is 0.0298. The fourth-order valence-corrected chi connectivity index (χ4v) is 4.09. The van der Waals surface area contributed by atoms with Gasteiger partial charge in [0.2, 0.25) is 0 Å². The lowest BCUT2D eigenvalue weighted by Gasteiger charge is -2.34. The molecule has 0 unspecified atom stereocenters. The van der Waals surface area contributed by atoms with Crippen LogP contribution in [-0.4, -0.2) is 88.8 Å². The standard InChI is InChI=1S/C21H25ClFN5O3.ClH/c1-25-19(13-18(24-25)20(29)28-8-10-31-11-9-28)21(30)27-6-4-26(5-7-27)14-15-2-3-16(23)12-17(15)22;/h2-3,12-13H,4-11,14H2,1H3;1H. The van der Waals surface area contributed by atoms with E-state index in [0.717, 1.165) is 5.56 Å². The molecule has 174 valence electrons. The first-order valence-electron chi connectivity index (χ1n) is 10.3. The zero-order valence-electron chi connectivity index (χ0n) is 17.8. The van der Waals surface area contributed by atoms with Crippen molar-refractivity contribution in [2.24, 2.45) is 7.05 Å². The number of halogens is 3. The van der Waals surface area contributed by atoms with Crippen LogP contribution in [0.3, 0.4) is 0 Å². The van der Waals surface area contributed by atoms with Crippen molar-refractivity contribution in [1.82, 2.24) is 24.5 Å². The highest BCUT2D eigenvalue weighted by molar-refractivity contribution is 6.31. The quantitative estimate of drug-likeness (QED) is 0.662. The lowest BCUT2D eigenvalue weighted by Crippen LogP contribution is -2.48. The number of ether oxygens (including phenoxy) is 1. The minimum absolute atomic E-state index is 0. The van der Waals surface area contributed by atoms with Crippen molar-refractivity contribution in [2.75, 3.05) is 52.5 Å². The van der Waals surface area contributed by atoms with Crippen molar-refractivity contribution in [3.8, 4) is 0 Å². The second-order valence-electron chi connectivity index (χ2n) is 7.75. The van der Waals surface area contributed by atoms with E-state index in [-0.39, 0.29) is 35.7 Å².